The van der Waals surface area contributed by atoms with Crippen LogP contribution in [-0.2, 0) is 11.3 Å². The Balaban J connectivity index is 1.84. The molecule has 1 heterocycles. The number of likely N-dealkylation sites (N-methyl/N-ethyl adjacent to an activating group) is 1. The molecule has 0 bridgehead atoms. The Labute approximate surface area is 149 Å². The molecule has 0 atom stereocenters. The van der Waals surface area contributed by atoms with Crippen molar-refractivity contribution in [1.82, 2.24) is 14.7 Å². The van der Waals surface area contributed by atoms with E-state index in [9.17, 15) is 4.79 Å². The van der Waals surface area contributed by atoms with Crippen molar-refractivity contribution in [2.45, 2.75) is 26.4 Å². The molecular formula is C19H26N4O2. The van der Waals surface area contributed by atoms with Gasteiger partial charge in [0.2, 0.25) is 5.91 Å². The molecule has 25 heavy (non-hydrogen) atoms. The zero-order chi connectivity index (χ0) is 18.2. The van der Waals surface area contributed by atoms with Gasteiger partial charge in [0.15, 0.2) is 0 Å². The van der Waals surface area contributed by atoms with Gasteiger partial charge in [0.05, 0.1) is 12.7 Å². The van der Waals surface area contributed by atoms with Gasteiger partial charge in [-0.15, -0.1) is 0 Å². The molecule has 0 saturated heterocycles. The highest BCUT2D eigenvalue weighted by atomic mass is 16.5. The molecule has 1 aromatic heterocycles. The Kier molecular flexibility index (Phi) is 6.77. The van der Waals surface area contributed by atoms with Gasteiger partial charge in [0.25, 0.3) is 0 Å². The lowest BCUT2D eigenvalue weighted by molar-refractivity contribution is -0.117. The molecule has 1 aromatic carbocycles. The molecule has 2 rings (SSSR count). The predicted octanol–water partition coefficient (Wildman–Crippen LogP) is 3.10. The summed E-state index contributed by atoms with van der Waals surface area (Å²) >= 11 is 0. The van der Waals surface area contributed by atoms with E-state index in [4.69, 9.17) is 4.74 Å². The number of amides is 1. The van der Waals surface area contributed by atoms with E-state index >= 15 is 0 Å². The number of hydrogen-bond acceptors (Lipinski definition) is 4. The first-order valence-electron chi connectivity index (χ1n) is 8.34. The molecule has 0 fully saturated rings. The number of aromatic nitrogens is 2. The average Bonchev–Trinajstić information content (AvgIpc) is 3.02. The summed E-state index contributed by atoms with van der Waals surface area (Å²) < 4.78 is 7.26. The van der Waals surface area contributed by atoms with E-state index in [2.05, 4.69) is 17.0 Å². The van der Waals surface area contributed by atoms with Crippen molar-refractivity contribution in [2.24, 2.45) is 0 Å². The number of nitrogens with zero attached hydrogens (tertiary/aromatic N) is 3. The number of carbonyl (C=O) groups excluding carboxylic acids is 1. The summed E-state index contributed by atoms with van der Waals surface area (Å²) in [6.07, 6.45) is 3.40. The minimum Gasteiger partial charge on any atom is -0.490 e. The minimum atomic E-state index is -0.0594. The van der Waals surface area contributed by atoms with Crippen molar-refractivity contribution in [3.05, 3.63) is 54.7 Å². The van der Waals surface area contributed by atoms with Crippen molar-refractivity contribution < 1.29 is 9.53 Å². The quantitative estimate of drug-likeness (QED) is 0.712. The molecule has 0 radical (unpaired) electrons. The third-order valence-corrected chi connectivity index (χ3v) is 3.58. The standard InChI is InChI=1S/C19H26N4O2/c1-5-12-25-17-8-6-16(7-9-17)13-22(4)14-19(24)21-18-10-11-20-23(18)15(2)3/h5-11,15H,1,12-14H2,2-4H3,(H,21,24). The second kappa shape index (κ2) is 9.03. The van der Waals surface area contributed by atoms with E-state index < -0.39 is 0 Å². The molecule has 1 amide bonds. The Morgan fingerprint density at radius 2 is 2.08 bits per heavy atom. The largest absolute Gasteiger partial charge is 0.490 e. The van der Waals surface area contributed by atoms with Gasteiger partial charge in [-0.25, -0.2) is 4.68 Å². The van der Waals surface area contributed by atoms with Crippen LogP contribution >= 0.6 is 0 Å². The summed E-state index contributed by atoms with van der Waals surface area (Å²) in [5.74, 6) is 1.47. The zero-order valence-electron chi connectivity index (χ0n) is 15.1. The summed E-state index contributed by atoms with van der Waals surface area (Å²) in [7, 11) is 1.92. The normalized spacial score (nSPS) is 10.9. The number of anilines is 1. The molecule has 0 spiro atoms. The zero-order valence-corrected chi connectivity index (χ0v) is 15.1. The fourth-order valence-electron chi connectivity index (χ4n) is 2.47. The first kappa shape index (κ1) is 18.7. The molecule has 6 heteroatoms. The van der Waals surface area contributed by atoms with Gasteiger partial charge in [-0.1, -0.05) is 24.8 Å². The number of nitrogens with one attached hydrogen (secondary N) is 1. The van der Waals surface area contributed by atoms with E-state index in [1.807, 2.05) is 50.1 Å². The Morgan fingerprint density at radius 1 is 1.36 bits per heavy atom. The lowest BCUT2D eigenvalue weighted by Crippen LogP contribution is -2.30. The number of ether oxygens (including phenoxy) is 1. The van der Waals surface area contributed by atoms with Gasteiger partial charge >= 0.3 is 0 Å². The van der Waals surface area contributed by atoms with E-state index in [1.165, 1.54) is 0 Å². The second-order valence-electron chi connectivity index (χ2n) is 6.22. The van der Waals surface area contributed by atoms with Crippen molar-refractivity contribution in [2.75, 3.05) is 25.5 Å². The highest BCUT2D eigenvalue weighted by molar-refractivity contribution is 5.91. The fraction of sp³-hybridized carbons (Fsp3) is 0.368. The lowest BCUT2D eigenvalue weighted by Gasteiger charge is -2.17. The Bertz CT molecular complexity index is 692. The smallest absolute Gasteiger partial charge is 0.239 e. The molecule has 0 unspecified atom stereocenters. The monoisotopic (exact) mass is 342 g/mol. The van der Waals surface area contributed by atoms with Crippen LogP contribution in [0.15, 0.2) is 49.2 Å². The van der Waals surface area contributed by atoms with E-state index in [0.717, 1.165) is 17.1 Å². The Hall–Kier alpha value is -2.60. The van der Waals surface area contributed by atoms with Gasteiger partial charge in [0.1, 0.15) is 18.2 Å². The van der Waals surface area contributed by atoms with Crippen molar-refractivity contribution in [3.8, 4) is 5.75 Å². The maximum absolute atomic E-state index is 12.2. The molecule has 6 nitrogen and oxygen atoms in total. The Morgan fingerprint density at radius 3 is 2.72 bits per heavy atom. The number of benzene rings is 1. The minimum absolute atomic E-state index is 0.0594. The van der Waals surface area contributed by atoms with Crippen LogP contribution in [0.4, 0.5) is 5.82 Å². The SMILES string of the molecule is C=CCOc1ccc(CN(C)CC(=O)Nc2ccnn2C(C)C)cc1. The van der Waals surface area contributed by atoms with Gasteiger partial charge in [-0.3, -0.25) is 9.69 Å². The van der Waals surface area contributed by atoms with Crippen LogP contribution in [0.25, 0.3) is 0 Å². The van der Waals surface area contributed by atoms with Crippen molar-refractivity contribution >= 4 is 11.7 Å². The fourth-order valence-corrected chi connectivity index (χ4v) is 2.47. The summed E-state index contributed by atoms with van der Waals surface area (Å²) in [4.78, 5) is 14.2. The van der Waals surface area contributed by atoms with Gasteiger partial charge < -0.3 is 10.1 Å². The third kappa shape index (κ3) is 5.76. The molecule has 0 aliphatic heterocycles. The van der Waals surface area contributed by atoms with Crippen LogP contribution in [0.3, 0.4) is 0 Å². The maximum Gasteiger partial charge on any atom is 0.239 e. The molecule has 1 N–H and O–H groups in total. The molecule has 0 saturated carbocycles. The average molecular weight is 342 g/mol. The van der Waals surface area contributed by atoms with Gasteiger partial charge in [0, 0.05) is 18.7 Å². The summed E-state index contributed by atoms with van der Waals surface area (Å²) in [6.45, 7) is 9.15. The number of rotatable bonds is 9. The molecule has 0 aliphatic carbocycles. The summed E-state index contributed by atoms with van der Waals surface area (Å²) in [5.41, 5.74) is 1.12. The van der Waals surface area contributed by atoms with E-state index in [1.54, 1.807) is 23.0 Å². The first-order valence-corrected chi connectivity index (χ1v) is 8.34. The maximum atomic E-state index is 12.2. The summed E-state index contributed by atoms with van der Waals surface area (Å²) in [6, 6.07) is 9.85. The van der Waals surface area contributed by atoms with Crippen LogP contribution in [-0.4, -0.2) is 40.8 Å². The van der Waals surface area contributed by atoms with Crippen LogP contribution in [0.2, 0.25) is 0 Å². The molecular weight excluding hydrogens is 316 g/mol. The number of carbonyl (C=O) groups is 1. The predicted molar refractivity (Wildman–Crippen MR) is 99.7 cm³/mol. The molecule has 134 valence electrons. The lowest BCUT2D eigenvalue weighted by atomic mass is 10.2. The molecule has 0 aliphatic rings. The topological polar surface area (TPSA) is 59.4 Å². The van der Waals surface area contributed by atoms with Crippen molar-refractivity contribution in [3.63, 3.8) is 0 Å². The first-order chi connectivity index (χ1) is 12.0. The van der Waals surface area contributed by atoms with E-state index in [-0.39, 0.29) is 11.9 Å². The van der Waals surface area contributed by atoms with Crippen LogP contribution in [0.5, 0.6) is 5.75 Å². The van der Waals surface area contributed by atoms with Gasteiger partial charge in [-0.05, 0) is 38.6 Å². The molecule has 2 aromatic rings. The van der Waals surface area contributed by atoms with Crippen LogP contribution in [0.1, 0.15) is 25.5 Å². The van der Waals surface area contributed by atoms with Crippen LogP contribution < -0.4 is 10.1 Å². The van der Waals surface area contributed by atoms with Crippen molar-refractivity contribution in [1.29, 1.82) is 0 Å². The van der Waals surface area contributed by atoms with Gasteiger partial charge in [-0.2, -0.15) is 5.10 Å². The third-order valence-electron chi connectivity index (χ3n) is 3.58. The highest BCUT2D eigenvalue weighted by Crippen LogP contribution is 2.14. The highest BCUT2D eigenvalue weighted by Gasteiger charge is 2.11. The number of hydrogen-bond donors (Lipinski definition) is 1. The summed E-state index contributed by atoms with van der Waals surface area (Å²) in [5, 5.41) is 7.13. The van der Waals surface area contributed by atoms with E-state index in [0.29, 0.717) is 19.7 Å². The second-order valence-corrected chi connectivity index (χ2v) is 6.22. The van der Waals surface area contributed by atoms with Crippen LogP contribution in [0, 0.1) is 0 Å².